The standard InChI is InChI=1S/C19H20BrClN2O3/c1-23(2)19(25)13-6-7-15(21)16(11-13)22-18(24)9-5-12-4-8-17(26-3)14(20)10-12/h4,6-8,10-11H,5,9H2,1-3H3,(H,22,24). The Balaban J connectivity index is 2.02. The summed E-state index contributed by atoms with van der Waals surface area (Å²) in [4.78, 5) is 25.8. The lowest BCUT2D eigenvalue weighted by Gasteiger charge is -2.13. The van der Waals surface area contributed by atoms with E-state index < -0.39 is 0 Å². The van der Waals surface area contributed by atoms with Gasteiger partial charge in [0, 0.05) is 26.1 Å². The van der Waals surface area contributed by atoms with Gasteiger partial charge in [-0.1, -0.05) is 17.7 Å². The molecule has 0 saturated carbocycles. The van der Waals surface area contributed by atoms with Crippen LogP contribution >= 0.6 is 27.5 Å². The summed E-state index contributed by atoms with van der Waals surface area (Å²) in [6.07, 6.45) is 0.864. The number of aryl methyl sites for hydroxylation is 1. The lowest BCUT2D eigenvalue weighted by atomic mass is 10.1. The van der Waals surface area contributed by atoms with E-state index in [1.54, 1.807) is 39.4 Å². The SMILES string of the molecule is COc1ccc(CCC(=O)Nc2cc(C(=O)N(C)C)ccc2Cl)cc1Br. The summed E-state index contributed by atoms with van der Waals surface area (Å²) in [6, 6.07) is 10.5. The number of amides is 2. The van der Waals surface area contributed by atoms with Crippen LogP contribution in [0.4, 0.5) is 5.69 Å². The van der Waals surface area contributed by atoms with E-state index >= 15 is 0 Å². The number of anilines is 1. The Morgan fingerprint density at radius 3 is 2.54 bits per heavy atom. The van der Waals surface area contributed by atoms with Crippen molar-refractivity contribution in [2.24, 2.45) is 0 Å². The van der Waals surface area contributed by atoms with Crippen LogP contribution in [0.2, 0.25) is 5.02 Å². The van der Waals surface area contributed by atoms with Crippen molar-refractivity contribution >= 4 is 45.0 Å². The van der Waals surface area contributed by atoms with Crippen LogP contribution in [0.3, 0.4) is 0 Å². The summed E-state index contributed by atoms with van der Waals surface area (Å²) < 4.78 is 6.04. The second kappa shape index (κ2) is 9.05. The molecule has 2 aromatic rings. The molecule has 138 valence electrons. The molecule has 2 aromatic carbocycles. The molecule has 0 heterocycles. The van der Waals surface area contributed by atoms with Gasteiger partial charge in [0.05, 0.1) is 22.3 Å². The summed E-state index contributed by atoms with van der Waals surface area (Å²) in [5.74, 6) is 0.417. The molecule has 0 aliphatic carbocycles. The van der Waals surface area contributed by atoms with Crippen LogP contribution in [0.25, 0.3) is 0 Å². The van der Waals surface area contributed by atoms with Gasteiger partial charge in [-0.2, -0.15) is 0 Å². The van der Waals surface area contributed by atoms with Crippen molar-refractivity contribution in [2.45, 2.75) is 12.8 Å². The van der Waals surface area contributed by atoms with Gasteiger partial charge in [0.25, 0.3) is 5.91 Å². The number of ether oxygens (including phenoxy) is 1. The van der Waals surface area contributed by atoms with Gasteiger partial charge in [-0.05, 0) is 58.2 Å². The molecule has 0 aliphatic heterocycles. The van der Waals surface area contributed by atoms with Crippen molar-refractivity contribution in [3.8, 4) is 5.75 Å². The van der Waals surface area contributed by atoms with Crippen molar-refractivity contribution in [3.63, 3.8) is 0 Å². The van der Waals surface area contributed by atoms with Crippen LogP contribution in [0.5, 0.6) is 5.75 Å². The van der Waals surface area contributed by atoms with Crippen LogP contribution in [-0.4, -0.2) is 37.9 Å². The Hall–Kier alpha value is -2.05. The first-order valence-corrected chi connectivity index (χ1v) is 9.12. The van der Waals surface area contributed by atoms with E-state index in [1.807, 2.05) is 18.2 Å². The zero-order valence-corrected chi connectivity index (χ0v) is 17.1. The Labute approximate surface area is 166 Å². The highest BCUT2D eigenvalue weighted by molar-refractivity contribution is 9.10. The van der Waals surface area contributed by atoms with Crippen LogP contribution < -0.4 is 10.1 Å². The van der Waals surface area contributed by atoms with Crippen LogP contribution in [0, 0.1) is 0 Å². The van der Waals surface area contributed by atoms with E-state index in [0.717, 1.165) is 15.8 Å². The normalized spacial score (nSPS) is 10.3. The number of hydrogen-bond acceptors (Lipinski definition) is 3. The summed E-state index contributed by atoms with van der Waals surface area (Å²) in [5.41, 5.74) is 1.91. The molecule has 0 aromatic heterocycles. The third kappa shape index (κ3) is 5.22. The molecule has 0 unspecified atom stereocenters. The number of carbonyl (C=O) groups is 2. The molecule has 2 rings (SSSR count). The van der Waals surface area contributed by atoms with Crippen molar-refractivity contribution in [1.82, 2.24) is 4.90 Å². The quantitative estimate of drug-likeness (QED) is 0.726. The molecule has 0 atom stereocenters. The molecule has 0 fully saturated rings. The second-order valence-electron chi connectivity index (χ2n) is 5.91. The van der Waals surface area contributed by atoms with E-state index in [9.17, 15) is 9.59 Å². The van der Waals surface area contributed by atoms with Gasteiger partial charge >= 0.3 is 0 Å². The minimum Gasteiger partial charge on any atom is -0.496 e. The zero-order valence-electron chi connectivity index (χ0n) is 14.8. The molecular formula is C19H20BrClN2O3. The lowest BCUT2D eigenvalue weighted by Crippen LogP contribution is -2.22. The number of hydrogen-bond donors (Lipinski definition) is 1. The Morgan fingerprint density at radius 1 is 1.19 bits per heavy atom. The van der Waals surface area contributed by atoms with Crippen molar-refractivity contribution in [1.29, 1.82) is 0 Å². The lowest BCUT2D eigenvalue weighted by molar-refractivity contribution is -0.116. The largest absolute Gasteiger partial charge is 0.496 e. The number of carbonyl (C=O) groups excluding carboxylic acids is 2. The molecule has 7 heteroatoms. The zero-order chi connectivity index (χ0) is 19.3. The second-order valence-corrected chi connectivity index (χ2v) is 7.17. The Morgan fingerprint density at radius 2 is 1.92 bits per heavy atom. The highest BCUT2D eigenvalue weighted by Crippen LogP contribution is 2.27. The monoisotopic (exact) mass is 438 g/mol. The maximum Gasteiger partial charge on any atom is 0.253 e. The fourth-order valence-corrected chi connectivity index (χ4v) is 3.10. The van der Waals surface area contributed by atoms with Crippen molar-refractivity contribution in [3.05, 3.63) is 57.0 Å². The van der Waals surface area contributed by atoms with E-state index in [0.29, 0.717) is 29.1 Å². The minimum atomic E-state index is -0.173. The third-order valence-electron chi connectivity index (χ3n) is 3.75. The third-order valence-corrected chi connectivity index (χ3v) is 4.70. The number of methoxy groups -OCH3 is 1. The molecular weight excluding hydrogens is 420 g/mol. The summed E-state index contributed by atoms with van der Waals surface area (Å²) in [6.45, 7) is 0. The van der Waals surface area contributed by atoms with E-state index in [2.05, 4.69) is 21.2 Å². The van der Waals surface area contributed by atoms with Crippen molar-refractivity contribution in [2.75, 3.05) is 26.5 Å². The first-order chi connectivity index (χ1) is 12.3. The van der Waals surface area contributed by atoms with Gasteiger partial charge in [-0.15, -0.1) is 0 Å². The fraction of sp³-hybridized carbons (Fsp3) is 0.263. The molecule has 5 nitrogen and oxygen atoms in total. The van der Waals surface area contributed by atoms with Gasteiger partial charge in [0.2, 0.25) is 5.91 Å². The first-order valence-electron chi connectivity index (χ1n) is 7.95. The number of rotatable bonds is 6. The molecule has 1 N–H and O–H groups in total. The van der Waals surface area contributed by atoms with Gasteiger partial charge in [0.1, 0.15) is 5.75 Å². The molecule has 0 radical (unpaired) electrons. The predicted molar refractivity (Wildman–Crippen MR) is 107 cm³/mol. The van der Waals surface area contributed by atoms with E-state index in [-0.39, 0.29) is 11.8 Å². The highest BCUT2D eigenvalue weighted by Gasteiger charge is 2.13. The smallest absolute Gasteiger partial charge is 0.253 e. The number of nitrogens with zero attached hydrogens (tertiary/aromatic N) is 1. The number of benzene rings is 2. The number of halogens is 2. The topological polar surface area (TPSA) is 58.6 Å². The molecule has 26 heavy (non-hydrogen) atoms. The maximum absolute atomic E-state index is 12.3. The maximum atomic E-state index is 12.3. The number of nitrogens with one attached hydrogen (secondary N) is 1. The summed E-state index contributed by atoms with van der Waals surface area (Å²) in [5, 5.41) is 3.16. The van der Waals surface area contributed by atoms with Crippen LogP contribution in [-0.2, 0) is 11.2 Å². The minimum absolute atomic E-state index is 0.153. The van der Waals surface area contributed by atoms with Gasteiger partial charge in [-0.25, -0.2) is 0 Å². The van der Waals surface area contributed by atoms with Gasteiger partial charge in [-0.3, -0.25) is 9.59 Å². The summed E-state index contributed by atoms with van der Waals surface area (Å²) in [7, 11) is 4.94. The molecule has 0 aliphatic rings. The average Bonchev–Trinajstić information content (AvgIpc) is 2.61. The van der Waals surface area contributed by atoms with E-state index in [1.165, 1.54) is 4.90 Å². The Kier molecular flexibility index (Phi) is 7.06. The Bertz CT molecular complexity index is 824. The average molecular weight is 440 g/mol. The first kappa shape index (κ1) is 20.3. The molecule has 0 bridgehead atoms. The molecule has 0 saturated heterocycles. The fourth-order valence-electron chi connectivity index (χ4n) is 2.35. The van der Waals surface area contributed by atoms with Crippen LogP contribution in [0.15, 0.2) is 40.9 Å². The van der Waals surface area contributed by atoms with Crippen molar-refractivity contribution < 1.29 is 14.3 Å². The molecule has 0 spiro atoms. The van der Waals surface area contributed by atoms with E-state index in [4.69, 9.17) is 16.3 Å². The van der Waals surface area contributed by atoms with Crippen LogP contribution in [0.1, 0.15) is 22.3 Å². The van der Waals surface area contributed by atoms with Gasteiger partial charge in [0.15, 0.2) is 0 Å². The molecule has 2 amide bonds. The predicted octanol–water partition coefficient (Wildman–Crippen LogP) is 4.38. The highest BCUT2D eigenvalue weighted by atomic mass is 79.9. The van der Waals surface area contributed by atoms with Gasteiger partial charge < -0.3 is 15.0 Å². The summed E-state index contributed by atoms with van der Waals surface area (Å²) >= 11 is 9.57.